The molecule has 0 radical (unpaired) electrons. The number of rotatable bonds is 6. The summed E-state index contributed by atoms with van der Waals surface area (Å²) in [6, 6.07) is 11.8. The maximum atomic E-state index is 4.35. The number of hydrogen-bond acceptors (Lipinski definition) is 2. The van der Waals surface area contributed by atoms with Crippen molar-refractivity contribution in [2.24, 2.45) is 4.99 Å². The number of guanidine groups is 1. The molecule has 2 N–H and O–H groups in total. The molecule has 2 atom stereocenters. The van der Waals surface area contributed by atoms with Crippen LogP contribution < -0.4 is 10.6 Å². The molecule has 0 amide bonds. The van der Waals surface area contributed by atoms with Crippen molar-refractivity contribution in [1.82, 2.24) is 15.5 Å². The summed E-state index contributed by atoms with van der Waals surface area (Å²) >= 11 is 0. The van der Waals surface area contributed by atoms with E-state index in [1.165, 1.54) is 5.56 Å². The molecule has 140 valence electrons. The van der Waals surface area contributed by atoms with Crippen LogP contribution in [0.5, 0.6) is 0 Å². The Morgan fingerprint density at radius 3 is 2.72 bits per heavy atom. The summed E-state index contributed by atoms with van der Waals surface area (Å²) in [5, 5.41) is 6.98. The molecule has 1 aromatic rings. The normalized spacial score (nSPS) is 21.8. The predicted molar refractivity (Wildman–Crippen MR) is 119 cm³/mol. The van der Waals surface area contributed by atoms with Crippen molar-refractivity contribution in [1.29, 1.82) is 0 Å². The first-order valence-electron chi connectivity index (χ1n) is 9.09. The van der Waals surface area contributed by atoms with E-state index >= 15 is 0 Å². The van der Waals surface area contributed by atoms with Crippen molar-refractivity contribution in [3.63, 3.8) is 0 Å². The van der Waals surface area contributed by atoms with Crippen LogP contribution in [0.2, 0.25) is 0 Å². The Balaban J connectivity index is 0.00000312. The minimum atomic E-state index is 0. The zero-order chi connectivity index (χ0) is 17.2. The van der Waals surface area contributed by atoms with E-state index in [-0.39, 0.29) is 24.0 Å². The minimum Gasteiger partial charge on any atom is -0.356 e. The van der Waals surface area contributed by atoms with Gasteiger partial charge < -0.3 is 10.6 Å². The number of piperidine rings is 1. The van der Waals surface area contributed by atoms with E-state index in [4.69, 9.17) is 0 Å². The quantitative estimate of drug-likeness (QED) is 0.225. The van der Waals surface area contributed by atoms with Crippen molar-refractivity contribution in [3.8, 4) is 0 Å². The molecule has 5 heteroatoms. The lowest BCUT2D eigenvalue weighted by molar-refractivity contribution is 0.134. The van der Waals surface area contributed by atoms with Gasteiger partial charge in [0.15, 0.2) is 5.96 Å². The van der Waals surface area contributed by atoms with Crippen LogP contribution in [0.4, 0.5) is 0 Å². The largest absolute Gasteiger partial charge is 0.356 e. The number of halogens is 1. The SMILES string of the molecule is C/C=C/CCNC(=NC)NC1CCN(Cc2ccccc2)C(C)C1.I. The van der Waals surface area contributed by atoms with Gasteiger partial charge in [-0.1, -0.05) is 42.5 Å². The topological polar surface area (TPSA) is 39.7 Å². The molecule has 1 saturated heterocycles. The van der Waals surface area contributed by atoms with Crippen LogP contribution in [0.1, 0.15) is 38.7 Å². The second-order valence-corrected chi connectivity index (χ2v) is 6.53. The number of likely N-dealkylation sites (tertiary alicyclic amines) is 1. The van der Waals surface area contributed by atoms with Crippen LogP contribution in [0.15, 0.2) is 47.5 Å². The summed E-state index contributed by atoms with van der Waals surface area (Å²) in [7, 11) is 1.85. The maximum absolute atomic E-state index is 4.35. The van der Waals surface area contributed by atoms with Gasteiger partial charge in [-0.15, -0.1) is 24.0 Å². The molecule has 1 heterocycles. The van der Waals surface area contributed by atoms with Gasteiger partial charge in [0.1, 0.15) is 0 Å². The molecule has 25 heavy (non-hydrogen) atoms. The molecule has 2 rings (SSSR count). The summed E-state index contributed by atoms with van der Waals surface area (Å²) in [4.78, 5) is 6.93. The molecule has 1 fully saturated rings. The van der Waals surface area contributed by atoms with E-state index in [2.05, 4.69) is 76.9 Å². The van der Waals surface area contributed by atoms with Gasteiger partial charge in [-0.2, -0.15) is 0 Å². The molecule has 0 aromatic heterocycles. The van der Waals surface area contributed by atoms with E-state index in [0.717, 1.165) is 44.9 Å². The van der Waals surface area contributed by atoms with Crippen LogP contribution in [0.3, 0.4) is 0 Å². The third kappa shape index (κ3) is 7.77. The van der Waals surface area contributed by atoms with E-state index < -0.39 is 0 Å². The Labute approximate surface area is 170 Å². The van der Waals surface area contributed by atoms with Crippen LogP contribution >= 0.6 is 24.0 Å². The Morgan fingerprint density at radius 1 is 1.32 bits per heavy atom. The molecule has 1 aliphatic rings. The molecule has 0 bridgehead atoms. The number of allylic oxidation sites excluding steroid dienone is 1. The number of aliphatic imine (C=N–C) groups is 1. The average molecular weight is 456 g/mol. The van der Waals surface area contributed by atoms with E-state index in [1.807, 2.05) is 7.05 Å². The summed E-state index contributed by atoms with van der Waals surface area (Å²) in [6.45, 7) is 7.48. The van der Waals surface area contributed by atoms with Gasteiger partial charge in [-0.05, 0) is 38.7 Å². The van der Waals surface area contributed by atoms with Crippen molar-refractivity contribution < 1.29 is 0 Å². The highest BCUT2D eigenvalue weighted by atomic mass is 127. The van der Waals surface area contributed by atoms with E-state index in [0.29, 0.717) is 12.1 Å². The molecule has 4 nitrogen and oxygen atoms in total. The van der Waals surface area contributed by atoms with Gasteiger partial charge in [0, 0.05) is 38.8 Å². The fraction of sp³-hybridized carbons (Fsp3) is 0.550. The first kappa shape index (κ1) is 22.0. The van der Waals surface area contributed by atoms with Crippen molar-refractivity contribution >= 4 is 29.9 Å². The summed E-state index contributed by atoms with van der Waals surface area (Å²) < 4.78 is 0. The average Bonchev–Trinajstić information content (AvgIpc) is 2.61. The molecule has 1 aliphatic heterocycles. The molecular weight excluding hydrogens is 423 g/mol. The number of nitrogens with zero attached hydrogens (tertiary/aromatic N) is 2. The van der Waals surface area contributed by atoms with E-state index in [1.54, 1.807) is 0 Å². The van der Waals surface area contributed by atoms with E-state index in [9.17, 15) is 0 Å². The van der Waals surface area contributed by atoms with Gasteiger partial charge >= 0.3 is 0 Å². The second-order valence-electron chi connectivity index (χ2n) is 6.53. The lowest BCUT2D eigenvalue weighted by Crippen LogP contribution is -2.51. The Bertz CT molecular complexity index is 530. The Morgan fingerprint density at radius 2 is 2.08 bits per heavy atom. The fourth-order valence-electron chi connectivity index (χ4n) is 3.23. The molecule has 0 saturated carbocycles. The predicted octanol–water partition coefficient (Wildman–Crippen LogP) is 3.79. The monoisotopic (exact) mass is 456 g/mol. The van der Waals surface area contributed by atoms with Gasteiger partial charge in [-0.25, -0.2) is 0 Å². The third-order valence-electron chi connectivity index (χ3n) is 4.65. The highest BCUT2D eigenvalue weighted by Crippen LogP contribution is 2.19. The molecule has 2 unspecified atom stereocenters. The summed E-state index contributed by atoms with van der Waals surface area (Å²) in [6.07, 6.45) is 7.60. The summed E-state index contributed by atoms with van der Waals surface area (Å²) in [5.41, 5.74) is 1.40. The maximum Gasteiger partial charge on any atom is 0.191 e. The van der Waals surface area contributed by atoms with Crippen molar-refractivity contribution in [3.05, 3.63) is 48.0 Å². The lowest BCUT2D eigenvalue weighted by Gasteiger charge is -2.38. The van der Waals surface area contributed by atoms with Crippen molar-refractivity contribution in [2.75, 3.05) is 20.1 Å². The smallest absolute Gasteiger partial charge is 0.191 e. The molecule has 0 aliphatic carbocycles. The Hall–Kier alpha value is -1.08. The third-order valence-corrected chi connectivity index (χ3v) is 4.65. The number of hydrogen-bond donors (Lipinski definition) is 2. The standard InChI is InChI=1S/C20H32N4.HI/c1-4-5-9-13-22-20(21-3)23-19-12-14-24(17(2)15-19)16-18-10-7-6-8-11-18;/h4-8,10-11,17,19H,9,12-16H2,1-3H3,(H2,21,22,23);1H/b5-4+;. The van der Waals surface area contributed by atoms with Crippen LogP contribution in [-0.2, 0) is 6.54 Å². The molecule has 1 aromatic carbocycles. The zero-order valence-electron chi connectivity index (χ0n) is 15.7. The number of benzene rings is 1. The summed E-state index contributed by atoms with van der Waals surface area (Å²) in [5.74, 6) is 0.924. The van der Waals surface area contributed by atoms with Gasteiger partial charge in [0.25, 0.3) is 0 Å². The second kappa shape index (κ2) is 12.3. The highest BCUT2D eigenvalue weighted by molar-refractivity contribution is 14.0. The van der Waals surface area contributed by atoms with Gasteiger partial charge in [-0.3, -0.25) is 9.89 Å². The number of nitrogens with one attached hydrogen (secondary N) is 2. The first-order chi connectivity index (χ1) is 11.7. The van der Waals surface area contributed by atoms with Crippen molar-refractivity contribution in [2.45, 2.75) is 51.7 Å². The fourth-order valence-corrected chi connectivity index (χ4v) is 3.23. The highest BCUT2D eigenvalue weighted by Gasteiger charge is 2.25. The lowest BCUT2D eigenvalue weighted by atomic mass is 9.97. The van der Waals surface area contributed by atoms with Crippen LogP contribution in [0.25, 0.3) is 0 Å². The Kier molecular flexibility index (Phi) is 10.8. The van der Waals surface area contributed by atoms with Crippen LogP contribution in [-0.4, -0.2) is 43.1 Å². The zero-order valence-corrected chi connectivity index (χ0v) is 18.1. The van der Waals surface area contributed by atoms with Crippen LogP contribution in [0, 0.1) is 0 Å². The molecule has 0 spiro atoms. The minimum absolute atomic E-state index is 0. The molecular formula is C20H33IN4. The first-order valence-corrected chi connectivity index (χ1v) is 9.09. The van der Waals surface area contributed by atoms with Gasteiger partial charge in [0.05, 0.1) is 0 Å². The van der Waals surface area contributed by atoms with Gasteiger partial charge in [0.2, 0.25) is 0 Å².